The molecule has 1 aromatic rings. The van der Waals surface area contributed by atoms with Gasteiger partial charge in [0, 0.05) is 31.9 Å². The van der Waals surface area contributed by atoms with Crippen molar-refractivity contribution in [2.45, 2.75) is 6.92 Å². The molecule has 0 bridgehead atoms. The highest BCUT2D eigenvalue weighted by molar-refractivity contribution is 5.57. The van der Waals surface area contributed by atoms with Crippen molar-refractivity contribution >= 4 is 11.5 Å². The highest BCUT2D eigenvalue weighted by Gasteiger charge is 2.18. The Morgan fingerprint density at radius 1 is 1.67 bits per heavy atom. The van der Waals surface area contributed by atoms with E-state index in [1.165, 1.54) is 6.07 Å². The summed E-state index contributed by atoms with van der Waals surface area (Å²) in [5, 5.41) is 10.8. The molecule has 0 spiro atoms. The number of nitrogens with two attached hydrogens (primary N) is 1. The lowest BCUT2D eigenvalue weighted by Gasteiger charge is -2.20. The first kappa shape index (κ1) is 11.4. The Morgan fingerprint density at radius 2 is 2.40 bits per heavy atom. The second-order valence-corrected chi connectivity index (χ2v) is 2.97. The van der Waals surface area contributed by atoms with Crippen LogP contribution >= 0.6 is 0 Å². The minimum Gasteiger partial charge on any atom is -0.350 e. The molecule has 0 fully saturated rings. The first-order valence-electron chi connectivity index (χ1n) is 4.75. The van der Waals surface area contributed by atoms with Gasteiger partial charge >= 0.3 is 5.69 Å². The summed E-state index contributed by atoms with van der Waals surface area (Å²) >= 11 is 0. The van der Waals surface area contributed by atoms with E-state index in [0.717, 1.165) is 0 Å². The van der Waals surface area contributed by atoms with Crippen LogP contribution in [0.3, 0.4) is 0 Å². The molecule has 1 rings (SSSR count). The maximum absolute atomic E-state index is 10.8. The SMILES string of the molecule is CCN(CCN)c1ncccc1[N+](=O)[O-]. The predicted octanol–water partition coefficient (Wildman–Crippen LogP) is 0.775. The highest BCUT2D eigenvalue weighted by atomic mass is 16.6. The number of hydrogen-bond acceptors (Lipinski definition) is 5. The predicted molar refractivity (Wildman–Crippen MR) is 57.8 cm³/mol. The number of pyridine rings is 1. The Morgan fingerprint density at radius 3 is 2.93 bits per heavy atom. The Bertz CT molecular complexity index is 343. The van der Waals surface area contributed by atoms with Gasteiger partial charge in [0.25, 0.3) is 0 Å². The topological polar surface area (TPSA) is 85.3 Å². The van der Waals surface area contributed by atoms with Gasteiger partial charge in [-0.15, -0.1) is 0 Å². The lowest BCUT2D eigenvalue weighted by molar-refractivity contribution is -0.384. The van der Waals surface area contributed by atoms with Crippen LogP contribution in [0.2, 0.25) is 0 Å². The molecular formula is C9H14N4O2. The van der Waals surface area contributed by atoms with Crippen LogP contribution in [-0.2, 0) is 0 Å². The fraction of sp³-hybridized carbons (Fsp3) is 0.444. The number of aromatic nitrogens is 1. The van der Waals surface area contributed by atoms with E-state index < -0.39 is 4.92 Å². The molecule has 0 saturated heterocycles. The fourth-order valence-electron chi connectivity index (χ4n) is 1.34. The van der Waals surface area contributed by atoms with Crippen molar-refractivity contribution in [3.8, 4) is 0 Å². The fourth-order valence-corrected chi connectivity index (χ4v) is 1.34. The van der Waals surface area contributed by atoms with Gasteiger partial charge < -0.3 is 10.6 Å². The maximum Gasteiger partial charge on any atom is 0.311 e. The summed E-state index contributed by atoms with van der Waals surface area (Å²) in [5.41, 5.74) is 5.45. The van der Waals surface area contributed by atoms with Gasteiger partial charge in [0.15, 0.2) is 0 Å². The molecule has 0 aliphatic rings. The zero-order valence-corrected chi connectivity index (χ0v) is 8.59. The van der Waals surface area contributed by atoms with E-state index in [1.54, 1.807) is 17.2 Å². The van der Waals surface area contributed by atoms with Gasteiger partial charge in [-0.25, -0.2) is 4.98 Å². The van der Waals surface area contributed by atoms with E-state index in [-0.39, 0.29) is 5.69 Å². The summed E-state index contributed by atoms with van der Waals surface area (Å²) in [6.07, 6.45) is 1.54. The molecule has 0 unspecified atom stereocenters. The van der Waals surface area contributed by atoms with Gasteiger partial charge in [-0.2, -0.15) is 0 Å². The first-order valence-corrected chi connectivity index (χ1v) is 4.75. The van der Waals surface area contributed by atoms with Crippen LogP contribution in [0.1, 0.15) is 6.92 Å². The number of anilines is 1. The quantitative estimate of drug-likeness (QED) is 0.573. The minimum atomic E-state index is -0.429. The van der Waals surface area contributed by atoms with Crippen molar-refractivity contribution in [3.05, 3.63) is 28.4 Å². The lowest BCUT2D eigenvalue weighted by Crippen LogP contribution is -2.30. The van der Waals surface area contributed by atoms with Gasteiger partial charge in [0.2, 0.25) is 5.82 Å². The third kappa shape index (κ3) is 2.63. The number of rotatable bonds is 5. The summed E-state index contributed by atoms with van der Waals surface area (Å²) in [7, 11) is 0. The van der Waals surface area contributed by atoms with Crippen LogP contribution in [-0.4, -0.2) is 29.5 Å². The third-order valence-corrected chi connectivity index (χ3v) is 2.04. The second kappa shape index (κ2) is 5.26. The van der Waals surface area contributed by atoms with E-state index in [1.807, 2.05) is 6.92 Å². The van der Waals surface area contributed by atoms with Gasteiger partial charge in [0.05, 0.1) is 4.92 Å². The number of nitrogens with zero attached hydrogens (tertiary/aromatic N) is 3. The Labute approximate surface area is 87.9 Å². The molecule has 0 saturated carbocycles. The van der Waals surface area contributed by atoms with Crippen molar-refractivity contribution in [1.82, 2.24) is 4.98 Å². The molecule has 0 aliphatic carbocycles. The molecular weight excluding hydrogens is 196 g/mol. The van der Waals surface area contributed by atoms with Gasteiger partial charge in [0.1, 0.15) is 0 Å². The monoisotopic (exact) mass is 210 g/mol. The molecule has 6 nitrogen and oxygen atoms in total. The van der Waals surface area contributed by atoms with E-state index in [4.69, 9.17) is 5.73 Å². The molecule has 0 aliphatic heterocycles. The normalized spacial score (nSPS) is 10.0. The van der Waals surface area contributed by atoms with Crippen LogP contribution < -0.4 is 10.6 Å². The molecule has 1 heterocycles. The molecule has 82 valence electrons. The summed E-state index contributed by atoms with van der Waals surface area (Å²) in [6, 6.07) is 3.00. The molecule has 2 N–H and O–H groups in total. The molecule has 0 amide bonds. The summed E-state index contributed by atoms with van der Waals surface area (Å²) < 4.78 is 0. The Kier molecular flexibility index (Phi) is 3.99. The molecule has 0 aromatic carbocycles. The lowest BCUT2D eigenvalue weighted by atomic mass is 10.3. The number of likely N-dealkylation sites (N-methyl/N-ethyl adjacent to an activating group) is 1. The number of nitro groups is 1. The smallest absolute Gasteiger partial charge is 0.311 e. The average Bonchev–Trinajstić information content (AvgIpc) is 2.26. The van der Waals surface area contributed by atoms with Crippen molar-refractivity contribution in [2.24, 2.45) is 5.73 Å². The van der Waals surface area contributed by atoms with Crippen LogP contribution in [0.25, 0.3) is 0 Å². The third-order valence-electron chi connectivity index (χ3n) is 2.04. The summed E-state index contributed by atoms with van der Waals surface area (Å²) in [6.45, 7) is 3.57. The van der Waals surface area contributed by atoms with Crippen LogP contribution in [0.15, 0.2) is 18.3 Å². The average molecular weight is 210 g/mol. The van der Waals surface area contributed by atoms with E-state index >= 15 is 0 Å². The molecule has 0 radical (unpaired) electrons. The summed E-state index contributed by atoms with van der Waals surface area (Å²) in [5.74, 6) is 0.385. The van der Waals surface area contributed by atoms with E-state index in [0.29, 0.717) is 25.5 Å². The largest absolute Gasteiger partial charge is 0.350 e. The van der Waals surface area contributed by atoms with Crippen molar-refractivity contribution < 1.29 is 4.92 Å². The van der Waals surface area contributed by atoms with E-state index in [9.17, 15) is 10.1 Å². The Hall–Kier alpha value is -1.69. The number of hydrogen-bond donors (Lipinski definition) is 1. The maximum atomic E-state index is 10.8. The zero-order valence-electron chi connectivity index (χ0n) is 8.59. The van der Waals surface area contributed by atoms with Crippen LogP contribution in [0, 0.1) is 10.1 Å². The molecule has 15 heavy (non-hydrogen) atoms. The summed E-state index contributed by atoms with van der Waals surface area (Å²) in [4.78, 5) is 16.1. The zero-order chi connectivity index (χ0) is 11.3. The van der Waals surface area contributed by atoms with Gasteiger partial charge in [-0.3, -0.25) is 10.1 Å². The van der Waals surface area contributed by atoms with Gasteiger partial charge in [-0.05, 0) is 13.0 Å². The van der Waals surface area contributed by atoms with Gasteiger partial charge in [-0.1, -0.05) is 0 Å². The van der Waals surface area contributed by atoms with Crippen LogP contribution in [0.5, 0.6) is 0 Å². The van der Waals surface area contributed by atoms with Crippen molar-refractivity contribution in [3.63, 3.8) is 0 Å². The standard InChI is InChI=1S/C9H14N4O2/c1-2-12(7-5-10)9-8(13(14)15)4-3-6-11-9/h3-4,6H,2,5,7,10H2,1H3. The molecule has 0 atom stereocenters. The second-order valence-electron chi connectivity index (χ2n) is 2.97. The molecule has 1 aromatic heterocycles. The van der Waals surface area contributed by atoms with Crippen LogP contribution in [0.4, 0.5) is 11.5 Å². The van der Waals surface area contributed by atoms with E-state index in [2.05, 4.69) is 4.98 Å². The first-order chi connectivity index (χ1) is 7.20. The Balaban J connectivity index is 3.04. The highest BCUT2D eigenvalue weighted by Crippen LogP contribution is 2.23. The minimum absolute atomic E-state index is 0.0211. The van der Waals surface area contributed by atoms with Crippen molar-refractivity contribution in [1.29, 1.82) is 0 Å². The molecule has 6 heteroatoms. The van der Waals surface area contributed by atoms with Crippen molar-refractivity contribution in [2.75, 3.05) is 24.5 Å².